The van der Waals surface area contributed by atoms with E-state index in [0.717, 1.165) is 23.8 Å². The summed E-state index contributed by atoms with van der Waals surface area (Å²) in [7, 11) is 3.34. The van der Waals surface area contributed by atoms with Crippen LogP contribution in [0.1, 0.15) is 31.2 Å². The number of nitrogens with one attached hydrogen (secondary N) is 1. The highest BCUT2D eigenvalue weighted by Crippen LogP contribution is 2.24. The van der Waals surface area contributed by atoms with E-state index < -0.39 is 11.2 Å². The van der Waals surface area contributed by atoms with Gasteiger partial charge in [0.2, 0.25) is 5.95 Å². The van der Waals surface area contributed by atoms with Gasteiger partial charge in [0.1, 0.15) is 0 Å². The van der Waals surface area contributed by atoms with Gasteiger partial charge in [0.05, 0.1) is 22.7 Å². The topological polar surface area (TPSA) is 94.1 Å². The van der Waals surface area contributed by atoms with Crippen LogP contribution in [0.4, 0.5) is 5.95 Å². The predicted octanol–water partition coefficient (Wildman–Crippen LogP) is 2.50. The van der Waals surface area contributed by atoms with Crippen LogP contribution in [0.2, 0.25) is 10.0 Å². The van der Waals surface area contributed by atoms with Crippen LogP contribution in [0.15, 0.2) is 27.8 Å². The lowest BCUT2D eigenvalue weighted by Gasteiger charge is -2.26. The number of fused-ring (bicyclic) bond motifs is 1. The van der Waals surface area contributed by atoms with Gasteiger partial charge in [-0.1, -0.05) is 29.3 Å². The van der Waals surface area contributed by atoms with Gasteiger partial charge in [-0.15, -0.1) is 0 Å². The fraction of sp³-hybridized carbons (Fsp3) is 0.450. The summed E-state index contributed by atoms with van der Waals surface area (Å²) in [6.45, 7) is 0.0705. The number of aromatic nitrogens is 4. The van der Waals surface area contributed by atoms with Crippen molar-refractivity contribution in [2.45, 2.75) is 44.4 Å². The second kappa shape index (κ2) is 8.09. The Labute approximate surface area is 182 Å². The number of hydrogen-bond donors (Lipinski definition) is 2. The van der Waals surface area contributed by atoms with Crippen molar-refractivity contribution >= 4 is 40.3 Å². The zero-order chi connectivity index (χ0) is 21.6. The summed E-state index contributed by atoms with van der Waals surface area (Å²) in [4.78, 5) is 30.6. The number of hydrogen-bond acceptors (Lipinski definition) is 5. The maximum atomic E-state index is 13.2. The molecule has 0 radical (unpaired) electrons. The van der Waals surface area contributed by atoms with Gasteiger partial charge in [0, 0.05) is 20.1 Å². The quantitative estimate of drug-likeness (QED) is 0.635. The number of anilines is 1. The number of aliphatic hydroxyl groups excluding tert-OH is 1. The first kappa shape index (κ1) is 21.0. The molecular formula is C20H23Cl2N5O3. The number of benzene rings is 1. The van der Waals surface area contributed by atoms with E-state index >= 15 is 0 Å². The van der Waals surface area contributed by atoms with Gasteiger partial charge < -0.3 is 15.0 Å². The Morgan fingerprint density at radius 3 is 2.63 bits per heavy atom. The molecule has 0 saturated heterocycles. The van der Waals surface area contributed by atoms with Gasteiger partial charge >= 0.3 is 5.69 Å². The van der Waals surface area contributed by atoms with E-state index in [1.54, 1.807) is 36.9 Å². The molecule has 2 aromatic heterocycles. The second-order valence-corrected chi connectivity index (χ2v) is 8.62. The molecule has 1 aromatic carbocycles. The van der Waals surface area contributed by atoms with E-state index in [4.69, 9.17) is 23.2 Å². The van der Waals surface area contributed by atoms with Crippen molar-refractivity contribution in [1.82, 2.24) is 18.7 Å². The molecule has 1 saturated carbocycles. The molecule has 160 valence electrons. The lowest BCUT2D eigenvalue weighted by molar-refractivity contribution is 0.124. The maximum Gasteiger partial charge on any atom is 0.332 e. The second-order valence-electron chi connectivity index (χ2n) is 7.81. The summed E-state index contributed by atoms with van der Waals surface area (Å²) in [5.41, 5.74) is 0.453. The van der Waals surface area contributed by atoms with Crippen molar-refractivity contribution in [1.29, 1.82) is 0 Å². The average molecular weight is 452 g/mol. The van der Waals surface area contributed by atoms with Gasteiger partial charge in [-0.05, 0) is 43.4 Å². The number of halogens is 2. The highest BCUT2D eigenvalue weighted by Gasteiger charge is 2.24. The van der Waals surface area contributed by atoms with Crippen molar-refractivity contribution in [2.75, 3.05) is 5.32 Å². The molecule has 0 amide bonds. The third kappa shape index (κ3) is 3.75. The Kier molecular flexibility index (Phi) is 5.65. The van der Waals surface area contributed by atoms with Crippen LogP contribution in [0.5, 0.6) is 0 Å². The molecular weight excluding hydrogens is 429 g/mol. The normalized spacial score (nSPS) is 19.4. The third-order valence-electron chi connectivity index (χ3n) is 5.66. The molecule has 2 N–H and O–H groups in total. The number of aryl methyl sites for hydroxylation is 2. The standard InChI is InChI=1S/C20H23Cl2N5O3/c1-25-16-17(24-19(25)23-12-4-3-5-13(28)9-12)26(2)20(30)27(18(16)29)10-11-6-7-14(21)15(22)8-11/h6-8,12-13,28H,3-5,9-10H2,1-2H3,(H,23,24)/t12-,13+/m1/s1. The molecule has 1 aliphatic carbocycles. The van der Waals surface area contributed by atoms with E-state index in [9.17, 15) is 14.7 Å². The summed E-state index contributed by atoms with van der Waals surface area (Å²) in [5, 5.41) is 14.0. The minimum atomic E-state index is -0.462. The zero-order valence-corrected chi connectivity index (χ0v) is 18.2. The Balaban J connectivity index is 1.76. The number of rotatable bonds is 4. The highest BCUT2D eigenvalue weighted by atomic mass is 35.5. The molecule has 0 bridgehead atoms. The van der Waals surface area contributed by atoms with Crippen molar-refractivity contribution in [3.8, 4) is 0 Å². The van der Waals surface area contributed by atoms with Crippen LogP contribution in [0.3, 0.4) is 0 Å². The summed E-state index contributed by atoms with van der Waals surface area (Å²) < 4.78 is 4.20. The van der Waals surface area contributed by atoms with Gasteiger partial charge in [-0.25, -0.2) is 4.79 Å². The van der Waals surface area contributed by atoms with Crippen LogP contribution in [-0.4, -0.2) is 35.9 Å². The first-order valence-corrected chi connectivity index (χ1v) is 10.6. The molecule has 0 aliphatic heterocycles. The van der Waals surface area contributed by atoms with Gasteiger partial charge in [0.15, 0.2) is 11.2 Å². The molecule has 10 heteroatoms. The first-order valence-electron chi connectivity index (χ1n) is 9.81. The van der Waals surface area contributed by atoms with Crippen molar-refractivity contribution in [3.05, 3.63) is 54.6 Å². The van der Waals surface area contributed by atoms with E-state index in [1.807, 2.05) is 0 Å². The van der Waals surface area contributed by atoms with Gasteiger partial charge in [-0.2, -0.15) is 4.98 Å². The van der Waals surface area contributed by atoms with Crippen LogP contribution in [0, 0.1) is 0 Å². The van der Waals surface area contributed by atoms with Crippen molar-refractivity contribution in [2.24, 2.45) is 14.1 Å². The van der Waals surface area contributed by atoms with Crippen LogP contribution in [0.25, 0.3) is 11.2 Å². The van der Waals surface area contributed by atoms with Crippen LogP contribution in [-0.2, 0) is 20.6 Å². The number of nitrogens with zero attached hydrogens (tertiary/aromatic N) is 4. The van der Waals surface area contributed by atoms with E-state index in [0.29, 0.717) is 39.1 Å². The van der Waals surface area contributed by atoms with Crippen molar-refractivity contribution < 1.29 is 5.11 Å². The van der Waals surface area contributed by atoms with Crippen LogP contribution < -0.4 is 16.6 Å². The lowest BCUT2D eigenvalue weighted by atomic mass is 9.93. The Bertz CT molecular complexity index is 1230. The summed E-state index contributed by atoms with van der Waals surface area (Å²) >= 11 is 12.0. The largest absolute Gasteiger partial charge is 0.393 e. The van der Waals surface area contributed by atoms with Gasteiger partial charge in [-0.3, -0.25) is 13.9 Å². The average Bonchev–Trinajstić information content (AvgIpc) is 3.03. The molecule has 3 aromatic rings. The molecule has 1 fully saturated rings. The molecule has 4 rings (SSSR count). The smallest absolute Gasteiger partial charge is 0.332 e. The minimum absolute atomic E-state index is 0.0692. The molecule has 8 nitrogen and oxygen atoms in total. The monoisotopic (exact) mass is 451 g/mol. The molecule has 2 heterocycles. The maximum absolute atomic E-state index is 13.2. The third-order valence-corrected chi connectivity index (χ3v) is 6.40. The Hall–Kier alpha value is -2.29. The molecule has 30 heavy (non-hydrogen) atoms. The minimum Gasteiger partial charge on any atom is -0.393 e. The van der Waals surface area contributed by atoms with E-state index in [-0.39, 0.29) is 18.7 Å². The predicted molar refractivity (Wildman–Crippen MR) is 118 cm³/mol. The number of aliphatic hydroxyl groups is 1. The lowest BCUT2D eigenvalue weighted by Crippen LogP contribution is -2.39. The summed E-state index contributed by atoms with van der Waals surface area (Å²) in [6.07, 6.45) is 2.94. The van der Waals surface area contributed by atoms with Crippen molar-refractivity contribution in [3.63, 3.8) is 0 Å². The number of imidazole rings is 1. The summed E-state index contributed by atoms with van der Waals surface area (Å²) in [6, 6.07) is 5.08. The Morgan fingerprint density at radius 1 is 1.17 bits per heavy atom. The molecule has 0 spiro atoms. The zero-order valence-electron chi connectivity index (χ0n) is 16.7. The fourth-order valence-electron chi connectivity index (χ4n) is 4.01. The first-order chi connectivity index (χ1) is 14.3. The molecule has 0 unspecified atom stereocenters. The molecule has 2 atom stereocenters. The highest BCUT2D eigenvalue weighted by molar-refractivity contribution is 6.42. The SMILES string of the molecule is Cn1c(N[C@@H]2CCC[C@H](O)C2)nc2c1c(=O)n(Cc1ccc(Cl)c(Cl)c1)c(=O)n2C. The molecule has 1 aliphatic rings. The van der Waals surface area contributed by atoms with Gasteiger partial charge in [0.25, 0.3) is 5.56 Å². The van der Waals surface area contributed by atoms with E-state index in [1.165, 1.54) is 4.57 Å². The van der Waals surface area contributed by atoms with Crippen LogP contribution >= 0.6 is 23.2 Å². The fourth-order valence-corrected chi connectivity index (χ4v) is 4.33. The van der Waals surface area contributed by atoms with E-state index in [2.05, 4.69) is 10.3 Å². The Morgan fingerprint density at radius 2 is 1.93 bits per heavy atom. The summed E-state index contributed by atoms with van der Waals surface area (Å²) in [5.74, 6) is 0.503.